The minimum absolute atomic E-state index is 0.359. The molecular weight excluding hydrogens is 335 g/mol. The van der Waals surface area contributed by atoms with E-state index in [9.17, 15) is 0 Å². The van der Waals surface area contributed by atoms with E-state index in [-0.39, 0.29) is 0 Å². The summed E-state index contributed by atoms with van der Waals surface area (Å²) in [4.78, 5) is 4.63. The second-order valence-corrected chi connectivity index (χ2v) is 5.92. The van der Waals surface area contributed by atoms with Crippen LogP contribution in [0.5, 0.6) is 5.75 Å². The molecule has 2 aromatic carbocycles. The van der Waals surface area contributed by atoms with Gasteiger partial charge in [0.25, 0.3) is 0 Å². The molecule has 3 rings (SSSR count). The van der Waals surface area contributed by atoms with Gasteiger partial charge in [0.05, 0.1) is 17.6 Å². The largest absolute Gasteiger partial charge is 0.486 e. The first-order chi connectivity index (χ1) is 11.2. The van der Waals surface area contributed by atoms with E-state index in [1.807, 2.05) is 30.3 Å². The lowest BCUT2D eigenvalue weighted by molar-refractivity contribution is 0.185. The molecule has 23 heavy (non-hydrogen) atoms. The molecule has 0 aliphatic carbocycles. The van der Waals surface area contributed by atoms with Crippen LogP contribution >= 0.6 is 23.2 Å². The Kier molecular flexibility index (Phi) is 5.06. The van der Waals surface area contributed by atoms with Gasteiger partial charge in [-0.1, -0.05) is 23.2 Å². The van der Waals surface area contributed by atoms with Gasteiger partial charge in [-0.05, 0) is 42.5 Å². The Hall–Kier alpha value is -1.75. The van der Waals surface area contributed by atoms with Crippen LogP contribution in [0.15, 0.2) is 42.5 Å². The Morgan fingerprint density at radius 3 is 2.52 bits per heavy atom. The molecule has 1 aromatic heterocycles. The summed E-state index contributed by atoms with van der Waals surface area (Å²) >= 11 is 11.9. The standard InChI is InChI=1S/C17H16Cl2N2O2/c1-22-9-8-21-16-7-4-13(19)10-15(16)20-17(21)11-23-14-5-2-12(18)3-6-14/h2-7,10H,8-9,11H2,1H3. The molecule has 0 saturated heterocycles. The normalized spacial score (nSPS) is 11.1. The van der Waals surface area contributed by atoms with Gasteiger partial charge in [-0.3, -0.25) is 0 Å². The molecule has 0 radical (unpaired) electrons. The summed E-state index contributed by atoms with van der Waals surface area (Å²) < 4.78 is 13.1. The topological polar surface area (TPSA) is 36.3 Å². The summed E-state index contributed by atoms with van der Waals surface area (Å²) in [7, 11) is 1.68. The molecule has 0 bridgehead atoms. The second kappa shape index (κ2) is 7.21. The van der Waals surface area contributed by atoms with Crippen LogP contribution in [0, 0.1) is 0 Å². The van der Waals surface area contributed by atoms with Gasteiger partial charge >= 0.3 is 0 Å². The number of benzene rings is 2. The van der Waals surface area contributed by atoms with Crippen molar-refractivity contribution in [3.8, 4) is 5.75 Å². The van der Waals surface area contributed by atoms with E-state index in [0.717, 1.165) is 22.6 Å². The fourth-order valence-electron chi connectivity index (χ4n) is 2.37. The number of imidazole rings is 1. The SMILES string of the molecule is COCCn1c(COc2ccc(Cl)cc2)nc2cc(Cl)ccc21. The lowest BCUT2D eigenvalue weighted by Gasteiger charge is -2.10. The zero-order valence-electron chi connectivity index (χ0n) is 12.6. The molecule has 0 unspecified atom stereocenters. The van der Waals surface area contributed by atoms with Gasteiger partial charge in [-0.15, -0.1) is 0 Å². The molecule has 6 heteroatoms. The highest BCUT2D eigenvalue weighted by Crippen LogP contribution is 2.22. The number of fused-ring (bicyclic) bond motifs is 1. The summed E-state index contributed by atoms with van der Waals surface area (Å²) in [6, 6.07) is 12.9. The molecule has 0 fully saturated rings. The molecular formula is C17H16Cl2N2O2. The minimum atomic E-state index is 0.359. The van der Waals surface area contributed by atoms with E-state index in [1.165, 1.54) is 0 Å². The van der Waals surface area contributed by atoms with Gasteiger partial charge in [0.15, 0.2) is 0 Å². The van der Waals surface area contributed by atoms with Crippen molar-refractivity contribution in [3.63, 3.8) is 0 Å². The maximum atomic E-state index is 6.05. The van der Waals surface area contributed by atoms with Gasteiger partial charge in [0.1, 0.15) is 18.2 Å². The zero-order valence-corrected chi connectivity index (χ0v) is 14.1. The predicted octanol–water partition coefficient (Wildman–Crippen LogP) is 4.57. The fraction of sp³-hybridized carbons (Fsp3) is 0.235. The molecule has 0 atom stereocenters. The molecule has 120 valence electrons. The van der Waals surface area contributed by atoms with Crippen molar-refractivity contribution in [1.29, 1.82) is 0 Å². The third-order valence-electron chi connectivity index (χ3n) is 3.49. The number of nitrogens with zero attached hydrogens (tertiary/aromatic N) is 2. The first-order valence-electron chi connectivity index (χ1n) is 7.19. The van der Waals surface area contributed by atoms with Crippen LogP contribution in [0.2, 0.25) is 10.0 Å². The first-order valence-corrected chi connectivity index (χ1v) is 7.95. The van der Waals surface area contributed by atoms with Gasteiger partial charge in [-0.2, -0.15) is 0 Å². The molecule has 1 heterocycles. The number of rotatable bonds is 6. The maximum Gasteiger partial charge on any atom is 0.148 e. The molecule has 0 N–H and O–H groups in total. The Balaban J connectivity index is 1.87. The quantitative estimate of drug-likeness (QED) is 0.653. The van der Waals surface area contributed by atoms with E-state index in [4.69, 9.17) is 32.7 Å². The molecule has 0 aliphatic rings. The van der Waals surface area contributed by atoms with E-state index in [0.29, 0.717) is 29.8 Å². The lowest BCUT2D eigenvalue weighted by Crippen LogP contribution is -2.10. The maximum absolute atomic E-state index is 6.05. The van der Waals surface area contributed by atoms with Crippen LogP contribution in [-0.2, 0) is 17.9 Å². The third kappa shape index (κ3) is 3.78. The van der Waals surface area contributed by atoms with Gasteiger partial charge in [0.2, 0.25) is 0 Å². The smallest absolute Gasteiger partial charge is 0.148 e. The van der Waals surface area contributed by atoms with E-state index < -0.39 is 0 Å². The summed E-state index contributed by atoms with van der Waals surface area (Å²) in [5.74, 6) is 1.58. The van der Waals surface area contributed by atoms with E-state index in [1.54, 1.807) is 19.2 Å². The number of hydrogen-bond acceptors (Lipinski definition) is 3. The number of ether oxygens (including phenoxy) is 2. The Labute approximate surface area is 144 Å². The minimum Gasteiger partial charge on any atom is -0.486 e. The van der Waals surface area contributed by atoms with Gasteiger partial charge in [-0.25, -0.2) is 4.98 Å². The number of hydrogen-bond donors (Lipinski definition) is 0. The Morgan fingerprint density at radius 2 is 1.78 bits per heavy atom. The van der Waals surface area contributed by atoms with Crippen molar-refractivity contribution < 1.29 is 9.47 Å². The third-order valence-corrected chi connectivity index (χ3v) is 3.98. The highest BCUT2D eigenvalue weighted by molar-refractivity contribution is 6.31. The van der Waals surface area contributed by atoms with Crippen LogP contribution in [0.3, 0.4) is 0 Å². The van der Waals surface area contributed by atoms with Crippen molar-refractivity contribution >= 4 is 34.2 Å². The van der Waals surface area contributed by atoms with E-state index in [2.05, 4.69) is 9.55 Å². The van der Waals surface area contributed by atoms with Gasteiger partial charge < -0.3 is 14.0 Å². The molecule has 3 aromatic rings. The lowest BCUT2D eigenvalue weighted by atomic mass is 10.3. The highest BCUT2D eigenvalue weighted by atomic mass is 35.5. The van der Waals surface area contributed by atoms with E-state index >= 15 is 0 Å². The average Bonchev–Trinajstić information content (AvgIpc) is 2.89. The predicted molar refractivity (Wildman–Crippen MR) is 92.4 cm³/mol. The van der Waals surface area contributed by atoms with Crippen molar-refractivity contribution in [3.05, 3.63) is 58.3 Å². The van der Waals surface area contributed by atoms with Crippen molar-refractivity contribution in [2.45, 2.75) is 13.2 Å². The zero-order chi connectivity index (χ0) is 16.2. The molecule has 0 saturated carbocycles. The summed E-state index contributed by atoms with van der Waals surface area (Å²) in [5, 5.41) is 1.35. The summed E-state index contributed by atoms with van der Waals surface area (Å²) in [6.07, 6.45) is 0. The van der Waals surface area contributed by atoms with Gasteiger partial charge in [0, 0.05) is 23.7 Å². The Bertz CT molecular complexity index is 800. The van der Waals surface area contributed by atoms with Crippen molar-refractivity contribution in [2.24, 2.45) is 0 Å². The fourth-order valence-corrected chi connectivity index (χ4v) is 2.67. The van der Waals surface area contributed by atoms with Crippen LogP contribution in [0.1, 0.15) is 5.82 Å². The van der Waals surface area contributed by atoms with Crippen LogP contribution < -0.4 is 4.74 Å². The van der Waals surface area contributed by atoms with Crippen molar-refractivity contribution in [2.75, 3.05) is 13.7 Å². The number of methoxy groups -OCH3 is 1. The number of halogens is 2. The monoisotopic (exact) mass is 350 g/mol. The molecule has 0 aliphatic heterocycles. The van der Waals surface area contributed by atoms with Crippen LogP contribution in [0.4, 0.5) is 0 Å². The summed E-state index contributed by atoms with van der Waals surface area (Å²) in [6.45, 7) is 1.66. The molecule has 4 nitrogen and oxygen atoms in total. The summed E-state index contributed by atoms with van der Waals surface area (Å²) in [5.41, 5.74) is 1.87. The second-order valence-electron chi connectivity index (χ2n) is 5.05. The average molecular weight is 351 g/mol. The van der Waals surface area contributed by atoms with Crippen LogP contribution in [0.25, 0.3) is 11.0 Å². The Morgan fingerprint density at radius 1 is 1.04 bits per heavy atom. The first kappa shape index (κ1) is 16.1. The molecule has 0 amide bonds. The highest BCUT2D eigenvalue weighted by Gasteiger charge is 2.11. The van der Waals surface area contributed by atoms with Crippen LogP contribution in [-0.4, -0.2) is 23.3 Å². The number of aromatic nitrogens is 2. The molecule has 0 spiro atoms. The van der Waals surface area contributed by atoms with Crippen molar-refractivity contribution in [1.82, 2.24) is 9.55 Å².